The molecule has 0 radical (unpaired) electrons. The molecule has 0 aliphatic heterocycles. The maximum atomic E-state index is 9.40. The van der Waals surface area contributed by atoms with E-state index in [1.54, 1.807) is 30.6 Å². The van der Waals surface area contributed by atoms with Crippen LogP contribution in [0.5, 0.6) is 0 Å². The van der Waals surface area contributed by atoms with Crippen LogP contribution in [-0.2, 0) is 0 Å². The minimum atomic E-state index is -0.830. The van der Waals surface area contributed by atoms with E-state index in [0.717, 1.165) is 8.95 Å². The number of pyridine rings is 2. The van der Waals surface area contributed by atoms with Gasteiger partial charge in [0.05, 0.1) is 17.9 Å². The molecule has 3 aromatic carbocycles. The molecule has 0 saturated carbocycles. The van der Waals surface area contributed by atoms with E-state index in [2.05, 4.69) is 143 Å². The van der Waals surface area contributed by atoms with E-state index in [0.29, 0.717) is 11.4 Å². The van der Waals surface area contributed by atoms with Gasteiger partial charge in [-0.2, -0.15) is 0 Å². The van der Waals surface area contributed by atoms with Crippen LogP contribution < -0.4 is 21.6 Å². The van der Waals surface area contributed by atoms with Gasteiger partial charge < -0.3 is 15.9 Å². The number of rotatable bonds is 8. The van der Waals surface area contributed by atoms with Gasteiger partial charge >= 0.3 is 0 Å². The molecule has 0 aliphatic rings. The van der Waals surface area contributed by atoms with Crippen LogP contribution in [0, 0.1) is 0 Å². The molecule has 220 valence electrons. The molecule has 11 heteroatoms. The number of aliphatic hydroxyl groups excluding tert-OH is 2. The number of benzene rings is 3. The van der Waals surface area contributed by atoms with Gasteiger partial charge in [-0.3, -0.25) is 9.97 Å². The van der Waals surface area contributed by atoms with Gasteiger partial charge in [0.25, 0.3) is 0 Å². The predicted octanol–water partition coefficient (Wildman–Crippen LogP) is 6.47. The van der Waals surface area contributed by atoms with Crippen molar-refractivity contribution in [1.82, 2.24) is 9.97 Å². The summed E-state index contributed by atoms with van der Waals surface area (Å²) in [5.74, 6) is 0. The lowest BCUT2D eigenvalue weighted by Crippen LogP contribution is -2.20. The van der Waals surface area contributed by atoms with Gasteiger partial charge in [-0.05, 0) is 85.5 Å². The summed E-state index contributed by atoms with van der Waals surface area (Å²) in [6.07, 6.45) is 1.73. The Morgan fingerprint density at radius 1 is 0.674 bits per heavy atom. The predicted molar refractivity (Wildman–Crippen MR) is 182 cm³/mol. The highest BCUT2D eigenvalue weighted by atomic mass is 79.9. The summed E-state index contributed by atoms with van der Waals surface area (Å²) < 4.78 is 1.73. The average Bonchev–Trinajstić information content (AvgIpc) is 3.06. The summed E-state index contributed by atoms with van der Waals surface area (Å²) >= 11 is 6.46. The first kappa shape index (κ1) is 34.0. The molecule has 0 unspecified atom stereocenters. The van der Waals surface area contributed by atoms with Crippen LogP contribution in [0.25, 0.3) is 10.4 Å². The van der Waals surface area contributed by atoms with E-state index in [1.807, 2.05) is 6.07 Å². The lowest BCUT2D eigenvalue weighted by Gasteiger charge is -2.18. The largest absolute Gasteiger partial charge is 0.387 e. The number of aliphatic hydroxyl groups is 2. The van der Waals surface area contributed by atoms with Crippen molar-refractivity contribution < 1.29 is 10.2 Å². The van der Waals surface area contributed by atoms with E-state index in [4.69, 9.17) is 11.3 Å². The van der Waals surface area contributed by atoms with Crippen LogP contribution in [0.3, 0.4) is 0 Å². The quantitative estimate of drug-likeness (QED) is 0.0729. The van der Waals surface area contributed by atoms with Gasteiger partial charge in [0.15, 0.2) is 0 Å². The summed E-state index contributed by atoms with van der Waals surface area (Å²) in [6, 6.07) is 39.3. The smallest absolute Gasteiger partial charge is 0.108 e. The molecule has 0 spiro atoms. The Morgan fingerprint density at radius 3 is 1.40 bits per heavy atom. The van der Waals surface area contributed by atoms with E-state index in [-0.39, 0.29) is 13.1 Å². The molecule has 0 saturated heterocycles. The van der Waals surface area contributed by atoms with Crippen molar-refractivity contribution in [2.45, 2.75) is 12.2 Å². The van der Waals surface area contributed by atoms with Crippen LogP contribution >= 0.6 is 39.8 Å². The summed E-state index contributed by atoms with van der Waals surface area (Å²) in [6.45, 7) is 0.208. The van der Waals surface area contributed by atoms with E-state index < -0.39 is 20.1 Å². The minimum absolute atomic E-state index is 0.00509. The molecule has 4 N–H and O–H groups in total. The molecule has 5 aromatic rings. The number of nitrogens with zero attached hydrogens (tertiary/aromatic N) is 5. The van der Waals surface area contributed by atoms with Gasteiger partial charge in [0.1, 0.15) is 12.2 Å². The SMILES string of the molecule is NC[C@H](O)c1ccc(Br)cn1.[N-]=[N+]=NC[C@H](O)c1ccc(Br)cn1.c1ccc(P(c2ccccc2)c2ccccc2)cc1. The number of halogens is 2. The zero-order valence-corrected chi connectivity index (χ0v) is 27.2. The van der Waals surface area contributed by atoms with Gasteiger partial charge in [-0.1, -0.05) is 96.1 Å². The monoisotopic (exact) mass is 720 g/mol. The molecule has 43 heavy (non-hydrogen) atoms. The number of azide groups is 1. The molecular weight excluding hydrogens is 691 g/mol. The van der Waals surface area contributed by atoms with Gasteiger partial charge in [0.2, 0.25) is 0 Å². The second-order valence-electron chi connectivity index (χ2n) is 8.83. The highest BCUT2D eigenvalue weighted by Crippen LogP contribution is 2.32. The summed E-state index contributed by atoms with van der Waals surface area (Å²) in [4.78, 5) is 10.5. The normalized spacial score (nSPS) is 11.6. The Labute approximate surface area is 269 Å². The number of hydrogen-bond acceptors (Lipinski definition) is 6. The molecule has 2 aromatic heterocycles. The maximum absolute atomic E-state index is 9.40. The second-order valence-corrected chi connectivity index (χ2v) is 12.9. The fraction of sp³-hybridized carbons (Fsp3) is 0.125. The van der Waals surface area contributed by atoms with Crippen molar-refractivity contribution in [2.24, 2.45) is 10.8 Å². The number of nitrogens with two attached hydrogens (primary N) is 1. The highest BCUT2D eigenvalue weighted by Gasteiger charge is 2.15. The average molecular weight is 722 g/mol. The van der Waals surface area contributed by atoms with Crippen LogP contribution in [0.15, 0.2) is 142 Å². The first-order valence-corrected chi connectivity index (χ1v) is 16.1. The Hall–Kier alpha value is -3.46. The third-order valence-corrected chi connectivity index (χ3v) is 9.15. The van der Waals surface area contributed by atoms with Crippen molar-refractivity contribution in [2.75, 3.05) is 13.1 Å². The van der Waals surface area contributed by atoms with E-state index in [9.17, 15) is 10.2 Å². The zero-order chi connectivity index (χ0) is 30.9. The minimum Gasteiger partial charge on any atom is -0.387 e. The highest BCUT2D eigenvalue weighted by molar-refractivity contribution is 9.10. The van der Waals surface area contributed by atoms with Gasteiger partial charge in [-0.25, -0.2) is 0 Å². The molecule has 0 aliphatic carbocycles. The van der Waals surface area contributed by atoms with Gasteiger partial charge in [-0.15, -0.1) is 0 Å². The Kier molecular flexibility index (Phi) is 15.0. The van der Waals surface area contributed by atoms with Crippen LogP contribution in [-0.4, -0.2) is 33.3 Å². The fourth-order valence-electron chi connectivity index (χ4n) is 3.68. The van der Waals surface area contributed by atoms with Gasteiger partial charge in [0, 0.05) is 32.8 Å². The van der Waals surface area contributed by atoms with E-state index >= 15 is 0 Å². The Morgan fingerprint density at radius 2 is 1.07 bits per heavy atom. The first-order chi connectivity index (χ1) is 20.9. The summed E-state index contributed by atoms with van der Waals surface area (Å²) in [7, 11) is -0.446. The van der Waals surface area contributed by atoms with Crippen molar-refractivity contribution >= 4 is 55.7 Å². The standard InChI is InChI=1S/C18H15P.C7H7BrN4O.C7H9BrN2O/c1-4-10-16(11-5-1)19(17-12-6-2-7-13-17)18-14-8-3-9-15-18;8-5-1-2-6(10-3-5)7(13)4-11-12-9;8-5-1-2-6(10-4-5)7(11)3-9/h1-15H;1-3,7,13H,4H2;1-2,4,7,11H,3,9H2/t;2*7-/m.00/s1. The topological polar surface area (TPSA) is 141 Å². The van der Waals surface area contributed by atoms with Crippen LogP contribution in [0.4, 0.5) is 0 Å². The molecule has 2 heterocycles. The zero-order valence-electron chi connectivity index (χ0n) is 23.1. The second kappa shape index (κ2) is 18.9. The van der Waals surface area contributed by atoms with E-state index in [1.165, 1.54) is 15.9 Å². The number of aromatic nitrogens is 2. The molecule has 0 amide bonds. The molecular formula is C32H31Br2N6O2P. The van der Waals surface area contributed by atoms with Crippen molar-refractivity contribution in [3.05, 3.63) is 158 Å². The third kappa shape index (κ3) is 11.6. The molecule has 0 fully saturated rings. The third-order valence-electron chi connectivity index (χ3n) is 5.77. The van der Waals surface area contributed by atoms with Crippen molar-refractivity contribution in [3.63, 3.8) is 0 Å². The first-order valence-electron chi connectivity index (χ1n) is 13.2. The molecule has 2 atom stereocenters. The molecule has 0 bridgehead atoms. The molecule has 5 rings (SSSR count). The van der Waals surface area contributed by atoms with Crippen LogP contribution in [0.1, 0.15) is 23.6 Å². The van der Waals surface area contributed by atoms with Crippen molar-refractivity contribution in [1.29, 1.82) is 0 Å². The Balaban J connectivity index is 0.000000186. The fourth-order valence-corrected chi connectivity index (χ4v) is 6.45. The van der Waals surface area contributed by atoms with Crippen LogP contribution in [0.2, 0.25) is 0 Å². The molecule has 8 nitrogen and oxygen atoms in total. The maximum Gasteiger partial charge on any atom is 0.108 e. The summed E-state index contributed by atoms with van der Waals surface area (Å²) in [5.41, 5.74) is 14.4. The lowest BCUT2D eigenvalue weighted by molar-refractivity contribution is 0.181. The lowest BCUT2D eigenvalue weighted by atomic mass is 10.2. The summed E-state index contributed by atoms with van der Waals surface area (Å²) in [5, 5.41) is 26.1. The van der Waals surface area contributed by atoms with Crippen molar-refractivity contribution in [3.8, 4) is 0 Å². The Bertz CT molecular complexity index is 1430. The number of hydrogen-bond donors (Lipinski definition) is 3.